The second-order valence-electron chi connectivity index (χ2n) is 4.18. The maximum absolute atomic E-state index is 11.9. The zero-order valence-corrected chi connectivity index (χ0v) is 9.54. The summed E-state index contributed by atoms with van der Waals surface area (Å²) in [4.78, 5) is 11.6. The monoisotopic (exact) mass is 246 g/mol. The van der Waals surface area contributed by atoms with Crippen molar-refractivity contribution in [2.75, 3.05) is 6.61 Å². The van der Waals surface area contributed by atoms with E-state index in [0.717, 1.165) is 0 Å². The van der Waals surface area contributed by atoms with E-state index in [0.29, 0.717) is 5.56 Å². The summed E-state index contributed by atoms with van der Waals surface area (Å²) in [5.74, 6) is -0.888. The molecule has 2 nitrogen and oxygen atoms in total. The molecule has 1 aromatic carbocycles. The van der Waals surface area contributed by atoms with Crippen molar-refractivity contribution in [2.24, 2.45) is 0 Å². The van der Waals surface area contributed by atoms with E-state index in [9.17, 15) is 18.0 Å². The van der Waals surface area contributed by atoms with Crippen molar-refractivity contribution in [3.63, 3.8) is 0 Å². The summed E-state index contributed by atoms with van der Waals surface area (Å²) in [6.45, 7) is 1.50. The zero-order chi connectivity index (χ0) is 13.1. The minimum atomic E-state index is -4.50. The van der Waals surface area contributed by atoms with Gasteiger partial charge in [0.25, 0.3) is 0 Å². The van der Waals surface area contributed by atoms with Crippen LogP contribution in [0.15, 0.2) is 30.3 Å². The molecule has 1 rings (SSSR count). The maximum atomic E-state index is 11.9. The molecule has 0 amide bonds. The van der Waals surface area contributed by atoms with Gasteiger partial charge in [-0.25, -0.2) is 0 Å². The summed E-state index contributed by atoms with van der Waals surface area (Å²) < 4.78 is 40.0. The molecule has 0 N–H and O–H groups in total. The number of hydrogen-bond acceptors (Lipinski definition) is 2. The number of benzene rings is 1. The lowest BCUT2D eigenvalue weighted by Crippen LogP contribution is -2.33. The van der Waals surface area contributed by atoms with Gasteiger partial charge in [0.05, 0.1) is 5.41 Å². The lowest BCUT2D eigenvalue weighted by Gasteiger charge is -2.23. The van der Waals surface area contributed by atoms with Gasteiger partial charge in [-0.3, -0.25) is 4.79 Å². The summed E-state index contributed by atoms with van der Waals surface area (Å²) in [5.41, 5.74) is -0.473. The van der Waals surface area contributed by atoms with Crippen LogP contribution in [0.4, 0.5) is 13.2 Å². The minimum Gasteiger partial charge on any atom is -0.455 e. The van der Waals surface area contributed by atoms with Gasteiger partial charge in [-0.2, -0.15) is 13.2 Å². The number of carbonyl (C=O) groups excluding carboxylic acids is 1. The molecule has 0 atom stereocenters. The van der Waals surface area contributed by atoms with Crippen molar-refractivity contribution in [1.29, 1.82) is 0 Å². The molecule has 0 aliphatic rings. The van der Waals surface area contributed by atoms with E-state index in [4.69, 9.17) is 0 Å². The lowest BCUT2D eigenvalue weighted by molar-refractivity contribution is -0.189. The zero-order valence-electron chi connectivity index (χ0n) is 9.54. The van der Waals surface area contributed by atoms with E-state index in [1.807, 2.05) is 0 Å². The minimum absolute atomic E-state index is 0.618. The second kappa shape index (κ2) is 4.77. The molecule has 0 unspecified atom stereocenters. The van der Waals surface area contributed by atoms with E-state index >= 15 is 0 Å². The quantitative estimate of drug-likeness (QED) is 0.766. The van der Waals surface area contributed by atoms with Crippen LogP contribution >= 0.6 is 0 Å². The van der Waals surface area contributed by atoms with Crippen molar-refractivity contribution < 1.29 is 22.7 Å². The highest BCUT2D eigenvalue weighted by molar-refractivity contribution is 5.82. The van der Waals surface area contributed by atoms with Crippen molar-refractivity contribution >= 4 is 5.97 Å². The summed E-state index contributed by atoms with van der Waals surface area (Å²) in [5, 5.41) is 0. The number of alkyl halides is 3. The largest absolute Gasteiger partial charge is 0.455 e. The average Bonchev–Trinajstić information content (AvgIpc) is 2.26. The molecular weight excluding hydrogens is 233 g/mol. The van der Waals surface area contributed by atoms with Gasteiger partial charge in [0.2, 0.25) is 0 Å². The molecule has 0 saturated heterocycles. The molecule has 1 aromatic rings. The number of halogens is 3. The van der Waals surface area contributed by atoms with Gasteiger partial charge in [-0.1, -0.05) is 30.3 Å². The summed E-state index contributed by atoms with van der Waals surface area (Å²) in [7, 11) is 0. The Morgan fingerprint density at radius 1 is 1.18 bits per heavy atom. The first-order valence-corrected chi connectivity index (χ1v) is 5.03. The number of rotatable bonds is 3. The van der Waals surface area contributed by atoms with Gasteiger partial charge in [0.15, 0.2) is 6.61 Å². The molecule has 0 aliphatic heterocycles. The molecule has 94 valence electrons. The molecule has 17 heavy (non-hydrogen) atoms. The number of ether oxygens (including phenoxy) is 1. The Morgan fingerprint density at radius 3 is 2.18 bits per heavy atom. The van der Waals surface area contributed by atoms with Crippen LogP contribution in [0, 0.1) is 0 Å². The molecular formula is C12H13F3O2. The Bertz CT molecular complexity index is 382. The molecule has 0 heterocycles. The number of esters is 1. The Morgan fingerprint density at radius 2 is 1.71 bits per heavy atom. The third-order valence-electron chi connectivity index (χ3n) is 2.37. The summed E-state index contributed by atoms with van der Waals surface area (Å²) in [6.07, 6.45) is -4.50. The average molecular weight is 246 g/mol. The van der Waals surface area contributed by atoms with E-state index in [2.05, 4.69) is 4.74 Å². The summed E-state index contributed by atoms with van der Waals surface area (Å²) >= 11 is 0. The highest BCUT2D eigenvalue weighted by Gasteiger charge is 2.35. The Hall–Kier alpha value is -1.52. The van der Waals surface area contributed by atoms with Gasteiger partial charge in [-0.15, -0.1) is 0 Å². The van der Waals surface area contributed by atoms with Crippen LogP contribution in [0.25, 0.3) is 0 Å². The molecule has 0 aliphatic carbocycles. The molecule has 0 saturated carbocycles. The van der Waals surface area contributed by atoms with Gasteiger partial charge in [0, 0.05) is 0 Å². The first-order chi connectivity index (χ1) is 7.73. The third kappa shape index (κ3) is 3.76. The van der Waals surface area contributed by atoms with Crippen molar-refractivity contribution in [3.05, 3.63) is 35.9 Å². The SMILES string of the molecule is CC(C)(C(=O)OCC(F)(F)F)c1ccccc1. The van der Waals surface area contributed by atoms with Crippen molar-refractivity contribution in [3.8, 4) is 0 Å². The first-order valence-electron chi connectivity index (χ1n) is 5.03. The van der Waals surface area contributed by atoms with Crippen LogP contribution in [0.3, 0.4) is 0 Å². The van der Waals surface area contributed by atoms with Gasteiger partial charge < -0.3 is 4.74 Å². The Labute approximate surface area is 97.4 Å². The lowest BCUT2D eigenvalue weighted by atomic mass is 9.85. The fourth-order valence-corrected chi connectivity index (χ4v) is 1.30. The van der Waals surface area contributed by atoms with Crippen LogP contribution in [0.1, 0.15) is 19.4 Å². The Kier molecular flexibility index (Phi) is 3.80. The Balaban J connectivity index is 2.74. The molecule has 0 aromatic heterocycles. The fraction of sp³-hybridized carbons (Fsp3) is 0.417. The van der Waals surface area contributed by atoms with Crippen molar-refractivity contribution in [1.82, 2.24) is 0 Å². The predicted octanol–water partition coefficient (Wildman–Crippen LogP) is 3.07. The number of hydrogen-bond donors (Lipinski definition) is 0. The van der Waals surface area contributed by atoms with E-state index in [1.165, 1.54) is 13.8 Å². The topological polar surface area (TPSA) is 26.3 Å². The van der Waals surface area contributed by atoms with E-state index in [1.54, 1.807) is 30.3 Å². The van der Waals surface area contributed by atoms with Crippen LogP contribution in [-0.4, -0.2) is 18.8 Å². The molecule has 0 spiro atoms. The van der Waals surface area contributed by atoms with E-state index < -0.39 is 24.2 Å². The van der Waals surface area contributed by atoms with Crippen LogP contribution in [0.2, 0.25) is 0 Å². The van der Waals surface area contributed by atoms with Crippen molar-refractivity contribution in [2.45, 2.75) is 25.4 Å². The maximum Gasteiger partial charge on any atom is 0.422 e. The highest BCUT2D eigenvalue weighted by atomic mass is 19.4. The predicted molar refractivity (Wildman–Crippen MR) is 56.5 cm³/mol. The van der Waals surface area contributed by atoms with Crippen LogP contribution < -0.4 is 0 Å². The molecule has 0 bridgehead atoms. The smallest absolute Gasteiger partial charge is 0.422 e. The standard InChI is InChI=1S/C12H13F3O2/c1-11(2,9-6-4-3-5-7-9)10(16)17-8-12(13,14)15/h3-7H,8H2,1-2H3. The summed E-state index contributed by atoms with van der Waals surface area (Å²) in [6, 6.07) is 8.55. The first kappa shape index (κ1) is 13.5. The third-order valence-corrected chi connectivity index (χ3v) is 2.37. The molecule has 5 heteroatoms. The van der Waals surface area contributed by atoms with Gasteiger partial charge >= 0.3 is 12.1 Å². The van der Waals surface area contributed by atoms with Crippen LogP contribution in [0.5, 0.6) is 0 Å². The fourth-order valence-electron chi connectivity index (χ4n) is 1.30. The normalized spacial score (nSPS) is 12.3. The van der Waals surface area contributed by atoms with Gasteiger partial charge in [-0.05, 0) is 19.4 Å². The second-order valence-corrected chi connectivity index (χ2v) is 4.18. The highest BCUT2D eigenvalue weighted by Crippen LogP contribution is 2.25. The molecule has 0 radical (unpaired) electrons. The molecule has 0 fully saturated rings. The van der Waals surface area contributed by atoms with Crippen LogP contribution in [-0.2, 0) is 14.9 Å². The van der Waals surface area contributed by atoms with E-state index in [-0.39, 0.29) is 0 Å². The number of carbonyl (C=O) groups is 1. The van der Waals surface area contributed by atoms with Gasteiger partial charge in [0.1, 0.15) is 0 Å².